The highest BCUT2D eigenvalue weighted by Gasteiger charge is 2.28. The molecule has 2 aliphatic carbocycles. The molecule has 0 atom stereocenters. The average Bonchev–Trinajstić information content (AvgIpc) is 2.98. The fourth-order valence-corrected chi connectivity index (χ4v) is 6.65. The number of carbonyl (C=O) groups is 4. The van der Waals surface area contributed by atoms with Crippen LogP contribution in [-0.2, 0) is 9.47 Å². The molecule has 0 aromatic heterocycles. The Kier molecular flexibility index (Phi) is 11.2. The predicted octanol–water partition coefficient (Wildman–Crippen LogP) is 7.68. The molecule has 2 aromatic rings. The zero-order valence-electron chi connectivity index (χ0n) is 25.8. The second-order valence-electron chi connectivity index (χ2n) is 12.4. The summed E-state index contributed by atoms with van der Waals surface area (Å²) in [5.41, 5.74) is 0.921. The van der Waals surface area contributed by atoms with Gasteiger partial charge in [-0.2, -0.15) is 0 Å². The van der Waals surface area contributed by atoms with Gasteiger partial charge in [-0.15, -0.1) is 0 Å². The minimum absolute atomic E-state index is 0.0344. The third-order valence-corrected chi connectivity index (χ3v) is 9.20. The summed E-state index contributed by atoms with van der Waals surface area (Å²) in [6.45, 7) is 8.26. The third-order valence-electron chi connectivity index (χ3n) is 9.20. The number of ketones is 1. The van der Waals surface area contributed by atoms with E-state index in [4.69, 9.17) is 9.47 Å². The van der Waals surface area contributed by atoms with Crippen molar-refractivity contribution in [3.05, 3.63) is 46.5 Å². The van der Waals surface area contributed by atoms with E-state index in [-0.39, 0.29) is 53.0 Å². The molecule has 0 spiro atoms. The summed E-state index contributed by atoms with van der Waals surface area (Å²) in [4.78, 5) is 53.8. The van der Waals surface area contributed by atoms with Gasteiger partial charge in [0.05, 0.1) is 24.3 Å². The van der Waals surface area contributed by atoms with E-state index < -0.39 is 11.9 Å². The summed E-state index contributed by atoms with van der Waals surface area (Å²) >= 11 is 0. The molecular formula is C35H47NO6. The van der Waals surface area contributed by atoms with Crippen LogP contribution in [0, 0.1) is 17.8 Å². The van der Waals surface area contributed by atoms with Crippen molar-refractivity contribution in [1.82, 2.24) is 5.32 Å². The molecule has 0 radical (unpaired) electrons. The molecule has 2 aromatic carbocycles. The summed E-state index contributed by atoms with van der Waals surface area (Å²) in [5, 5.41) is 3.71. The highest BCUT2D eigenvalue weighted by molar-refractivity contribution is 6.23. The number of amides is 1. The van der Waals surface area contributed by atoms with Crippen LogP contribution in [0.2, 0.25) is 0 Å². The molecule has 1 N–H and O–H groups in total. The summed E-state index contributed by atoms with van der Waals surface area (Å²) in [5.74, 6) is 0.428. The van der Waals surface area contributed by atoms with E-state index in [1.165, 1.54) is 25.7 Å². The third kappa shape index (κ3) is 7.59. The molecule has 0 bridgehead atoms. The van der Waals surface area contributed by atoms with Gasteiger partial charge in [-0.1, -0.05) is 46.0 Å². The number of fused-ring (bicyclic) bond motifs is 1. The van der Waals surface area contributed by atoms with Crippen molar-refractivity contribution in [1.29, 1.82) is 0 Å². The zero-order chi connectivity index (χ0) is 30.2. The number of nitrogens with one attached hydrogen (secondary N) is 1. The number of ether oxygens (including phenoxy) is 2. The Morgan fingerprint density at radius 1 is 0.690 bits per heavy atom. The van der Waals surface area contributed by atoms with E-state index in [1.54, 1.807) is 38.1 Å². The smallest absolute Gasteiger partial charge is 0.338 e. The average molecular weight is 578 g/mol. The molecule has 0 heterocycles. The fourth-order valence-electron chi connectivity index (χ4n) is 6.65. The zero-order valence-corrected chi connectivity index (χ0v) is 25.8. The highest BCUT2D eigenvalue weighted by Crippen LogP contribution is 2.34. The largest absolute Gasteiger partial charge is 0.462 e. The number of hydrogen-bond acceptors (Lipinski definition) is 6. The van der Waals surface area contributed by atoms with Crippen LogP contribution in [0.5, 0.6) is 0 Å². The molecule has 42 heavy (non-hydrogen) atoms. The lowest BCUT2D eigenvalue weighted by Crippen LogP contribution is -2.37. The molecule has 0 aliphatic heterocycles. The number of benzene rings is 2. The molecular weight excluding hydrogens is 530 g/mol. The van der Waals surface area contributed by atoms with Crippen LogP contribution in [0.15, 0.2) is 24.3 Å². The molecule has 4 rings (SSSR count). The number of Topliss-reactive ketones (excluding diaryl/α,β-unsaturated/α-hetero) is 1. The summed E-state index contributed by atoms with van der Waals surface area (Å²) < 4.78 is 10.7. The molecule has 1 amide bonds. The van der Waals surface area contributed by atoms with Crippen molar-refractivity contribution in [3.63, 3.8) is 0 Å². The van der Waals surface area contributed by atoms with Gasteiger partial charge in [0.1, 0.15) is 0 Å². The van der Waals surface area contributed by atoms with Crippen molar-refractivity contribution < 1.29 is 28.7 Å². The van der Waals surface area contributed by atoms with Crippen molar-refractivity contribution in [2.24, 2.45) is 17.8 Å². The van der Waals surface area contributed by atoms with Crippen LogP contribution in [-0.4, -0.2) is 42.9 Å². The Morgan fingerprint density at radius 3 is 1.71 bits per heavy atom. The van der Waals surface area contributed by atoms with E-state index in [0.29, 0.717) is 29.2 Å². The van der Waals surface area contributed by atoms with Gasteiger partial charge in [-0.05, 0) is 88.0 Å². The number of carbonyl (C=O) groups excluding carboxylic acids is 4. The Balaban J connectivity index is 1.74. The number of hydrogen-bond donors (Lipinski definition) is 1. The van der Waals surface area contributed by atoms with Crippen molar-refractivity contribution in [2.75, 3.05) is 13.2 Å². The Hall–Kier alpha value is -3.22. The number of rotatable bonds is 11. The van der Waals surface area contributed by atoms with Crippen LogP contribution in [0.4, 0.5) is 0 Å². The maximum Gasteiger partial charge on any atom is 0.338 e. The van der Waals surface area contributed by atoms with Gasteiger partial charge >= 0.3 is 11.9 Å². The van der Waals surface area contributed by atoms with Gasteiger partial charge in [0.15, 0.2) is 5.78 Å². The summed E-state index contributed by atoms with van der Waals surface area (Å²) in [7, 11) is 0. The first-order chi connectivity index (χ1) is 20.2. The molecule has 7 heteroatoms. The first-order valence-corrected chi connectivity index (χ1v) is 16.0. The quantitative estimate of drug-likeness (QED) is 0.217. The maximum absolute atomic E-state index is 13.8. The van der Waals surface area contributed by atoms with Gasteiger partial charge in [0.2, 0.25) is 0 Å². The molecule has 0 unspecified atom stereocenters. The fraction of sp³-hybridized carbons (Fsp3) is 0.600. The second-order valence-corrected chi connectivity index (χ2v) is 12.4. The highest BCUT2D eigenvalue weighted by atomic mass is 16.5. The molecule has 0 saturated heterocycles. The summed E-state index contributed by atoms with van der Waals surface area (Å²) in [6.07, 6.45) is 10.8. The molecule has 2 saturated carbocycles. The van der Waals surface area contributed by atoms with Gasteiger partial charge in [-0.25, -0.2) is 9.59 Å². The van der Waals surface area contributed by atoms with Gasteiger partial charge in [-0.3, -0.25) is 9.59 Å². The maximum atomic E-state index is 13.8. The lowest BCUT2D eigenvalue weighted by atomic mass is 9.80. The van der Waals surface area contributed by atoms with Crippen molar-refractivity contribution >= 4 is 34.4 Å². The van der Waals surface area contributed by atoms with E-state index in [2.05, 4.69) is 19.2 Å². The first-order valence-electron chi connectivity index (χ1n) is 16.0. The van der Waals surface area contributed by atoms with E-state index in [9.17, 15) is 19.2 Å². The van der Waals surface area contributed by atoms with E-state index in [1.807, 2.05) is 0 Å². The molecule has 2 aliphatic rings. The van der Waals surface area contributed by atoms with Crippen molar-refractivity contribution in [2.45, 2.75) is 104 Å². The van der Waals surface area contributed by atoms with Gasteiger partial charge in [0, 0.05) is 34.4 Å². The molecule has 7 nitrogen and oxygen atoms in total. The van der Waals surface area contributed by atoms with Crippen LogP contribution in [0.25, 0.3) is 10.8 Å². The lowest BCUT2D eigenvalue weighted by molar-refractivity contribution is 0.0517. The minimum atomic E-state index is -0.602. The molecule has 228 valence electrons. The van der Waals surface area contributed by atoms with Gasteiger partial charge in [0.25, 0.3) is 5.91 Å². The van der Waals surface area contributed by atoms with E-state index in [0.717, 1.165) is 44.4 Å². The first kappa shape index (κ1) is 31.7. The number of esters is 2. The Morgan fingerprint density at radius 2 is 1.17 bits per heavy atom. The minimum Gasteiger partial charge on any atom is -0.462 e. The topological polar surface area (TPSA) is 98.8 Å². The SMILES string of the molecule is CCOC(=O)c1ccc(C(=O)NC2CCC(C)CC2)c2c(C(=O)OCC)ccc(C(=O)CCCC3CCC(C)CC3)c12. The van der Waals surface area contributed by atoms with Gasteiger partial charge < -0.3 is 14.8 Å². The monoisotopic (exact) mass is 577 g/mol. The van der Waals surface area contributed by atoms with Crippen LogP contribution < -0.4 is 5.32 Å². The second kappa shape index (κ2) is 14.8. The molecule has 2 fully saturated rings. The van der Waals surface area contributed by atoms with Crippen LogP contribution in [0.1, 0.15) is 140 Å². The predicted molar refractivity (Wildman–Crippen MR) is 164 cm³/mol. The Bertz CT molecular complexity index is 1280. The van der Waals surface area contributed by atoms with Crippen LogP contribution in [0.3, 0.4) is 0 Å². The summed E-state index contributed by atoms with van der Waals surface area (Å²) in [6, 6.07) is 6.31. The Labute approximate surface area is 250 Å². The normalized spacial score (nSPS) is 22.4. The van der Waals surface area contributed by atoms with Crippen LogP contribution >= 0.6 is 0 Å². The standard InChI is InChI=1S/C35H47NO6/c1-5-41-34(39)28-21-19-27(33(38)36-25-16-12-23(4)13-17-25)32-29(35(40)42-6-2)20-18-26(31(28)32)30(37)9-7-8-24-14-10-22(3)11-15-24/h18-25H,5-17H2,1-4H3,(H,36,38). The van der Waals surface area contributed by atoms with Crippen molar-refractivity contribution in [3.8, 4) is 0 Å². The lowest BCUT2D eigenvalue weighted by Gasteiger charge is -2.27. The van der Waals surface area contributed by atoms with E-state index >= 15 is 0 Å².